The number of fused-ring (bicyclic) bond motifs is 2. The average Bonchev–Trinajstić information content (AvgIpc) is 2.61. The molecule has 2 saturated heterocycles. The van der Waals surface area contributed by atoms with E-state index in [4.69, 9.17) is 13.3 Å². The molecule has 0 amide bonds. The number of ketones is 1. The molecule has 2 heterocycles. The van der Waals surface area contributed by atoms with Crippen LogP contribution in [0.2, 0.25) is 0 Å². The number of halogens is 2. The van der Waals surface area contributed by atoms with Gasteiger partial charge < -0.3 is 9.47 Å². The third-order valence-electron chi connectivity index (χ3n) is 5.89. The number of alkyl halides is 1. The standard InChI is InChI=1S/C18H21Br2NO4/c1-21-9-16(22)18(19)11-4-6-14(25-20)17(18)24-15-8-10(7-12(11)21)3-5-13(15)23-2/h3-6,10-12,14,17H,7-9H2,1-2H3/t10?,11-,12-,14+,17-,18-/m1/s1. The molecule has 0 saturated carbocycles. The lowest BCUT2D eigenvalue weighted by molar-refractivity contribution is -0.135. The Morgan fingerprint density at radius 2 is 2.16 bits per heavy atom. The van der Waals surface area contributed by atoms with Gasteiger partial charge in [-0.1, -0.05) is 34.2 Å². The van der Waals surface area contributed by atoms with E-state index in [1.54, 1.807) is 7.11 Å². The van der Waals surface area contributed by atoms with Gasteiger partial charge in [-0.05, 0) is 25.5 Å². The van der Waals surface area contributed by atoms with E-state index in [1.807, 2.05) is 19.2 Å². The van der Waals surface area contributed by atoms with E-state index in [0.717, 1.165) is 24.4 Å². The van der Waals surface area contributed by atoms with Gasteiger partial charge in [0, 0.05) is 18.4 Å². The van der Waals surface area contributed by atoms with Gasteiger partial charge in [-0.2, -0.15) is 0 Å². The molecule has 6 atom stereocenters. The Hall–Kier alpha value is -0.630. The summed E-state index contributed by atoms with van der Waals surface area (Å²) in [5.41, 5.74) is 0. The van der Waals surface area contributed by atoms with Gasteiger partial charge in [-0.3, -0.25) is 13.5 Å². The number of Topliss-reactive ketones (excluding diaryl/α,β-unsaturated/α-hetero) is 1. The van der Waals surface area contributed by atoms with Gasteiger partial charge in [0.05, 0.1) is 29.9 Å². The van der Waals surface area contributed by atoms with Crippen LogP contribution in [0.15, 0.2) is 35.8 Å². The summed E-state index contributed by atoms with van der Waals surface area (Å²) < 4.78 is 16.6. The Balaban J connectivity index is 1.87. The number of nitrogens with zero attached hydrogens (tertiary/aromatic N) is 1. The molecule has 0 N–H and O–H groups in total. The molecule has 2 aliphatic heterocycles. The molecule has 2 fully saturated rings. The molecule has 0 radical (unpaired) electrons. The number of likely N-dealkylation sites (N-methyl/N-ethyl adjacent to an activating group) is 1. The van der Waals surface area contributed by atoms with Crippen LogP contribution in [0.4, 0.5) is 0 Å². The summed E-state index contributed by atoms with van der Waals surface area (Å²) in [4.78, 5) is 15.3. The van der Waals surface area contributed by atoms with Crippen LogP contribution in [-0.4, -0.2) is 54.0 Å². The highest BCUT2D eigenvalue weighted by Gasteiger charge is 2.61. The van der Waals surface area contributed by atoms with Crippen molar-refractivity contribution in [1.29, 1.82) is 0 Å². The second-order valence-corrected chi connectivity index (χ2v) is 8.91. The Morgan fingerprint density at radius 1 is 1.36 bits per heavy atom. The van der Waals surface area contributed by atoms with Crippen molar-refractivity contribution < 1.29 is 18.1 Å². The molecule has 2 aliphatic carbocycles. The Kier molecular flexibility index (Phi) is 4.63. The number of methoxy groups -OCH3 is 1. The van der Waals surface area contributed by atoms with Gasteiger partial charge in [0.15, 0.2) is 17.6 Å². The smallest absolute Gasteiger partial charge is 0.168 e. The fourth-order valence-electron chi connectivity index (χ4n) is 4.58. The number of allylic oxidation sites excluding steroid dienone is 3. The summed E-state index contributed by atoms with van der Waals surface area (Å²) in [5, 5.41) is 0. The minimum atomic E-state index is -0.805. The number of rotatable bonds is 2. The van der Waals surface area contributed by atoms with Crippen LogP contribution >= 0.6 is 32.2 Å². The lowest BCUT2D eigenvalue weighted by Gasteiger charge is -2.52. The van der Waals surface area contributed by atoms with Crippen molar-refractivity contribution in [2.75, 3.05) is 20.7 Å². The molecule has 0 aromatic heterocycles. The van der Waals surface area contributed by atoms with E-state index in [0.29, 0.717) is 12.5 Å². The van der Waals surface area contributed by atoms with Gasteiger partial charge in [0.2, 0.25) is 0 Å². The molecular formula is C18H21Br2NO4. The Bertz CT molecular complexity index is 676. The molecule has 136 valence electrons. The summed E-state index contributed by atoms with van der Waals surface area (Å²) in [5.74, 6) is 2.04. The van der Waals surface area contributed by atoms with Crippen molar-refractivity contribution in [1.82, 2.24) is 4.90 Å². The fourth-order valence-corrected chi connectivity index (χ4v) is 5.84. The Labute approximate surface area is 164 Å². The van der Waals surface area contributed by atoms with Crippen molar-refractivity contribution in [2.45, 2.75) is 35.4 Å². The number of likely N-dealkylation sites (tertiary alicyclic amines) is 1. The maximum Gasteiger partial charge on any atom is 0.168 e. The van der Waals surface area contributed by atoms with E-state index in [1.165, 1.54) is 0 Å². The summed E-state index contributed by atoms with van der Waals surface area (Å²) in [6.07, 6.45) is 9.22. The molecular weight excluding hydrogens is 454 g/mol. The predicted octanol–water partition coefficient (Wildman–Crippen LogP) is 3.11. The number of ether oxygens (including phenoxy) is 2. The fraction of sp³-hybridized carbons (Fsp3) is 0.611. The second-order valence-electron chi connectivity index (χ2n) is 7.23. The van der Waals surface area contributed by atoms with Crippen LogP contribution in [0.3, 0.4) is 0 Å². The largest absolute Gasteiger partial charge is 0.493 e. The highest BCUT2D eigenvalue weighted by molar-refractivity contribution is 9.10. The van der Waals surface area contributed by atoms with Crippen LogP contribution in [0.25, 0.3) is 0 Å². The molecule has 0 aromatic rings. The first-order chi connectivity index (χ1) is 12.0. The van der Waals surface area contributed by atoms with Crippen molar-refractivity contribution in [3.05, 3.63) is 35.8 Å². The predicted molar refractivity (Wildman–Crippen MR) is 100 cm³/mol. The molecule has 4 aliphatic rings. The van der Waals surface area contributed by atoms with Gasteiger partial charge in [-0.15, -0.1) is 0 Å². The topological polar surface area (TPSA) is 48.0 Å². The third kappa shape index (κ3) is 2.66. The summed E-state index contributed by atoms with van der Waals surface area (Å²) in [7, 11) is 3.68. The SMILES string of the molecule is COC1=C2CC(C=C1)C[C@@H]1[C@H]3C=C[C@H](OBr)[C@@H](O2)[C@]3(Br)C(=O)CN1C. The first kappa shape index (κ1) is 17.8. The number of hydrogen-bond donors (Lipinski definition) is 0. The minimum absolute atomic E-state index is 0.0296. The molecule has 7 heteroatoms. The summed E-state index contributed by atoms with van der Waals surface area (Å²) >= 11 is 6.94. The van der Waals surface area contributed by atoms with Crippen LogP contribution in [0.1, 0.15) is 12.8 Å². The quantitative estimate of drug-likeness (QED) is 0.454. The highest BCUT2D eigenvalue weighted by atomic mass is 79.9. The van der Waals surface area contributed by atoms with E-state index in [2.05, 4.69) is 49.2 Å². The number of carbonyl (C=O) groups excluding carboxylic acids is 1. The van der Waals surface area contributed by atoms with Crippen LogP contribution in [0, 0.1) is 11.8 Å². The van der Waals surface area contributed by atoms with Crippen LogP contribution in [-0.2, 0) is 18.1 Å². The lowest BCUT2D eigenvalue weighted by Crippen LogP contribution is -2.67. The molecule has 0 spiro atoms. The van der Waals surface area contributed by atoms with Crippen LogP contribution < -0.4 is 0 Å². The van der Waals surface area contributed by atoms with Gasteiger partial charge >= 0.3 is 0 Å². The van der Waals surface area contributed by atoms with E-state index in [9.17, 15) is 4.79 Å². The monoisotopic (exact) mass is 473 g/mol. The number of piperidine rings is 1. The molecule has 6 bridgehead atoms. The van der Waals surface area contributed by atoms with Crippen molar-refractivity contribution in [3.8, 4) is 0 Å². The zero-order valence-electron chi connectivity index (χ0n) is 14.2. The Morgan fingerprint density at radius 3 is 2.88 bits per heavy atom. The van der Waals surface area contributed by atoms with Gasteiger partial charge in [0.1, 0.15) is 16.2 Å². The zero-order valence-corrected chi connectivity index (χ0v) is 17.3. The maximum atomic E-state index is 13.1. The van der Waals surface area contributed by atoms with E-state index in [-0.39, 0.29) is 23.8 Å². The average molecular weight is 475 g/mol. The maximum absolute atomic E-state index is 13.1. The first-order valence-electron chi connectivity index (χ1n) is 8.49. The number of hydrogen-bond acceptors (Lipinski definition) is 5. The lowest BCUT2D eigenvalue weighted by atomic mass is 9.69. The van der Waals surface area contributed by atoms with E-state index < -0.39 is 10.4 Å². The highest BCUT2D eigenvalue weighted by Crippen LogP contribution is 2.50. The summed E-state index contributed by atoms with van der Waals surface area (Å²) in [6.45, 7) is 0.405. The molecule has 25 heavy (non-hydrogen) atoms. The number of carbonyl (C=O) groups is 1. The zero-order chi connectivity index (χ0) is 17.8. The first-order valence-corrected chi connectivity index (χ1v) is 9.93. The molecule has 1 unspecified atom stereocenters. The second kappa shape index (κ2) is 6.51. The third-order valence-corrected chi connectivity index (χ3v) is 7.74. The van der Waals surface area contributed by atoms with Gasteiger partial charge in [-0.25, -0.2) is 0 Å². The normalized spacial score (nSPS) is 43.2. The van der Waals surface area contributed by atoms with Crippen molar-refractivity contribution in [2.24, 2.45) is 11.8 Å². The van der Waals surface area contributed by atoms with E-state index >= 15 is 0 Å². The van der Waals surface area contributed by atoms with Gasteiger partial charge in [0.25, 0.3) is 0 Å². The van der Waals surface area contributed by atoms with Crippen LogP contribution in [0.5, 0.6) is 0 Å². The molecule has 4 rings (SSSR count). The molecule has 0 aromatic carbocycles. The summed E-state index contributed by atoms with van der Waals surface area (Å²) in [6, 6.07) is 0.258. The minimum Gasteiger partial charge on any atom is -0.493 e. The molecule has 5 nitrogen and oxygen atoms in total. The van der Waals surface area contributed by atoms with Crippen molar-refractivity contribution in [3.63, 3.8) is 0 Å². The van der Waals surface area contributed by atoms with Crippen molar-refractivity contribution >= 4 is 38.0 Å².